The molecule has 1 aromatic heterocycles. The summed E-state index contributed by atoms with van der Waals surface area (Å²) < 4.78 is 15.2. The number of carboxylic acid groups (broad SMARTS) is 1. The van der Waals surface area contributed by atoms with Crippen LogP contribution in [0.25, 0.3) is 0 Å². The zero-order valence-electron chi connectivity index (χ0n) is 16.4. The lowest BCUT2D eigenvalue weighted by Gasteiger charge is -2.27. The van der Waals surface area contributed by atoms with Crippen LogP contribution in [0.2, 0.25) is 0 Å². The second-order valence-corrected chi connectivity index (χ2v) is 7.88. The van der Waals surface area contributed by atoms with Gasteiger partial charge in [0.1, 0.15) is 5.82 Å². The molecule has 0 unspecified atom stereocenters. The standard InChI is InChI=1S/C22H29FN2O2/c1-14-4-10-19(11-5-14)24-12-20-15(2)25(16(3)21(20)22(26)27)13-17-6-8-18(23)9-7-17/h6-9,14,19,24H,4-5,10-13H2,1-3H3,(H,26,27). The van der Waals surface area contributed by atoms with Crippen molar-refractivity contribution in [3.05, 3.63) is 58.2 Å². The molecule has 0 amide bonds. The van der Waals surface area contributed by atoms with E-state index in [1.807, 2.05) is 18.4 Å². The van der Waals surface area contributed by atoms with Crippen LogP contribution in [0.15, 0.2) is 24.3 Å². The number of rotatable bonds is 6. The number of nitrogens with one attached hydrogen (secondary N) is 1. The van der Waals surface area contributed by atoms with E-state index in [2.05, 4.69) is 12.2 Å². The number of hydrogen-bond donors (Lipinski definition) is 2. The zero-order valence-corrected chi connectivity index (χ0v) is 16.4. The van der Waals surface area contributed by atoms with Gasteiger partial charge in [-0.3, -0.25) is 0 Å². The first kappa shape index (κ1) is 19.6. The summed E-state index contributed by atoms with van der Waals surface area (Å²) in [6.45, 7) is 7.24. The summed E-state index contributed by atoms with van der Waals surface area (Å²) >= 11 is 0. The number of aromatic nitrogens is 1. The number of aromatic carboxylic acids is 1. The van der Waals surface area contributed by atoms with Gasteiger partial charge in [0.25, 0.3) is 0 Å². The molecule has 1 fully saturated rings. The molecule has 0 atom stereocenters. The van der Waals surface area contributed by atoms with Crippen molar-refractivity contribution in [1.82, 2.24) is 9.88 Å². The van der Waals surface area contributed by atoms with E-state index in [1.165, 1.54) is 25.0 Å². The molecule has 5 heteroatoms. The third-order valence-electron chi connectivity index (χ3n) is 5.96. The van der Waals surface area contributed by atoms with Crippen LogP contribution in [0, 0.1) is 25.6 Å². The third-order valence-corrected chi connectivity index (χ3v) is 5.96. The third kappa shape index (κ3) is 4.41. The van der Waals surface area contributed by atoms with Gasteiger partial charge < -0.3 is 15.0 Å². The minimum absolute atomic E-state index is 0.266. The molecule has 0 spiro atoms. The van der Waals surface area contributed by atoms with E-state index in [9.17, 15) is 14.3 Å². The van der Waals surface area contributed by atoms with Gasteiger partial charge in [0.2, 0.25) is 0 Å². The Morgan fingerprint density at radius 2 is 1.78 bits per heavy atom. The van der Waals surface area contributed by atoms with E-state index in [4.69, 9.17) is 0 Å². The van der Waals surface area contributed by atoms with Gasteiger partial charge >= 0.3 is 5.97 Å². The lowest BCUT2D eigenvalue weighted by Crippen LogP contribution is -2.32. The van der Waals surface area contributed by atoms with Crippen LogP contribution in [0.4, 0.5) is 4.39 Å². The summed E-state index contributed by atoms with van der Waals surface area (Å²) in [7, 11) is 0. The maximum Gasteiger partial charge on any atom is 0.337 e. The second-order valence-electron chi connectivity index (χ2n) is 7.88. The van der Waals surface area contributed by atoms with Gasteiger partial charge in [0, 0.05) is 36.1 Å². The van der Waals surface area contributed by atoms with E-state index in [1.54, 1.807) is 12.1 Å². The summed E-state index contributed by atoms with van der Waals surface area (Å²) in [6, 6.07) is 6.83. The predicted molar refractivity (Wildman–Crippen MR) is 105 cm³/mol. The molecule has 2 aromatic rings. The molecule has 4 nitrogen and oxygen atoms in total. The fourth-order valence-corrected chi connectivity index (χ4v) is 4.17. The van der Waals surface area contributed by atoms with Crippen molar-refractivity contribution in [1.29, 1.82) is 0 Å². The molecule has 146 valence electrons. The number of nitrogens with zero attached hydrogens (tertiary/aromatic N) is 1. The van der Waals surface area contributed by atoms with Gasteiger partial charge in [-0.15, -0.1) is 0 Å². The molecule has 1 heterocycles. The van der Waals surface area contributed by atoms with Crippen molar-refractivity contribution < 1.29 is 14.3 Å². The van der Waals surface area contributed by atoms with Gasteiger partial charge in [-0.1, -0.05) is 19.1 Å². The van der Waals surface area contributed by atoms with E-state index < -0.39 is 5.97 Å². The first-order valence-electron chi connectivity index (χ1n) is 9.76. The first-order valence-corrected chi connectivity index (χ1v) is 9.76. The minimum Gasteiger partial charge on any atom is -0.478 e. The quantitative estimate of drug-likeness (QED) is 0.775. The maximum atomic E-state index is 13.2. The summed E-state index contributed by atoms with van der Waals surface area (Å²) in [6.07, 6.45) is 4.76. The van der Waals surface area contributed by atoms with Gasteiger partial charge in [0.05, 0.1) is 5.56 Å². The molecule has 0 saturated heterocycles. The van der Waals surface area contributed by atoms with E-state index in [0.717, 1.165) is 41.3 Å². The Morgan fingerprint density at radius 1 is 1.15 bits per heavy atom. The van der Waals surface area contributed by atoms with E-state index in [0.29, 0.717) is 24.7 Å². The predicted octanol–water partition coefficient (Wildman–Crippen LogP) is 4.66. The van der Waals surface area contributed by atoms with Gasteiger partial charge in [-0.25, -0.2) is 9.18 Å². The molecule has 0 aliphatic heterocycles. The Balaban J connectivity index is 1.82. The number of carboxylic acids is 1. The largest absolute Gasteiger partial charge is 0.478 e. The Bertz CT molecular complexity index is 803. The van der Waals surface area contributed by atoms with Crippen LogP contribution < -0.4 is 5.32 Å². The van der Waals surface area contributed by atoms with E-state index in [-0.39, 0.29) is 5.82 Å². The summed E-state index contributed by atoms with van der Waals surface area (Å²) in [4.78, 5) is 11.9. The van der Waals surface area contributed by atoms with Gasteiger partial charge in [0.15, 0.2) is 0 Å². The average Bonchev–Trinajstić information content (AvgIpc) is 2.87. The molecule has 1 aliphatic carbocycles. The SMILES string of the molecule is Cc1c(CNC2CCC(C)CC2)c(C(=O)O)c(C)n1Cc1ccc(F)cc1. The highest BCUT2D eigenvalue weighted by atomic mass is 19.1. The van der Waals surface area contributed by atoms with Crippen molar-refractivity contribution >= 4 is 5.97 Å². The van der Waals surface area contributed by atoms with Crippen molar-refractivity contribution in [2.75, 3.05) is 0 Å². The number of hydrogen-bond acceptors (Lipinski definition) is 2. The molecule has 0 bridgehead atoms. The molecule has 1 aromatic carbocycles. The fourth-order valence-electron chi connectivity index (χ4n) is 4.17. The summed E-state index contributed by atoms with van der Waals surface area (Å²) in [5.41, 5.74) is 3.92. The van der Waals surface area contributed by atoms with Crippen molar-refractivity contribution in [3.63, 3.8) is 0 Å². The molecule has 3 rings (SSSR count). The van der Waals surface area contributed by atoms with Gasteiger partial charge in [-0.05, 0) is 63.1 Å². The van der Waals surface area contributed by atoms with Crippen molar-refractivity contribution in [3.8, 4) is 0 Å². The fraction of sp³-hybridized carbons (Fsp3) is 0.500. The minimum atomic E-state index is -0.887. The number of halogens is 1. The first-order chi connectivity index (χ1) is 12.9. The Morgan fingerprint density at radius 3 is 2.37 bits per heavy atom. The van der Waals surface area contributed by atoms with Gasteiger partial charge in [-0.2, -0.15) is 0 Å². The van der Waals surface area contributed by atoms with Crippen LogP contribution in [-0.2, 0) is 13.1 Å². The van der Waals surface area contributed by atoms with Crippen LogP contribution in [0.1, 0.15) is 65.5 Å². The lowest BCUT2D eigenvalue weighted by atomic mass is 9.87. The van der Waals surface area contributed by atoms with E-state index >= 15 is 0 Å². The normalized spacial score (nSPS) is 20.0. The number of carbonyl (C=O) groups is 1. The highest BCUT2D eigenvalue weighted by Gasteiger charge is 2.24. The Labute approximate surface area is 160 Å². The smallest absolute Gasteiger partial charge is 0.337 e. The monoisotopic (exact) mass is 372 g/mol. The van der Waals surface area contributed by atoms with Crippen LogP contribution in [0.5, 0.6) is 0 Å². The average molecular weight is 372 g/mol. The van der Waals surface area contributed by atoms with Crippen molar-refractivity contribution in [2.24, 2.45) is 5.92 Å². The Kier molecular flexibility index (Phi) is 6.00. The molecular formula is C22H29FN2O2. The molecular weight excluding hydrogens is 343 g/mol. The van der Waals surface area contributed by atoms with Crippen LogP contribution in [-0.4, -0.2) is 21.7 Å². The number of benzene rings is 1. The summed E-state index contributed by atoms with van der Waals surface area (Å²) in [5, 5.41) is 13.3. The maximum absolute atomic E-state index is 13.2. The highest BCUT2D eigenvalue weighted by molar-refractivity contribution is 5.91. The Hall–Kier alpha value is -2.14. The molecule has 1 aliphatic rings. The van der Waals surface area contributed by atoms with Crippen molar-refractivity contribution in [2.45, 2.75) is 65.6 Å². The lowest BCUT2D eigenvalue weighted by molar-refractivity contribution is 0.0694. The highest BCUT2D eigenvalue weighted by Crippen LogP contribution is 2.27. The van der Waals surface area contributed by atoms with Crippen LogP contribution >= 0.6 is 0 Å². The summed E-state index contributed by atoms with van der Waals surface area (Å²) in [5.74, 6) is -0.362. The molecule has 0 radical (unpaired) electrons. The second kappa shape index (κ2) is 8.26. The molecule has 1 saturated carbocycles. The van der Waals surface area contributed by atoms with Crippen LogP contribution in [0.3, 0.4) is 0 Å². The zero-order chi connectivity index (χ0) is 19.6. The topological polar surface area (TPSA) is 54.3 Å². The molecule has 2 N–H and O–H groups in total. The molecule has 27 heavy (non-hydrogen) atoms.